The maximum atomic E-state index is 11.4. The quantitative estimate of drug-likeness (QED) is 0.714. The van der Waals surface area contributed by atoms with Crippen molar-refractivity contribution in [3.05, 3.63) is 35.9 Å². The molecular formula is C10H12N2O3. The molecule has 0 radical (unpaired) electrons. The third-order valence-corrected chi connectivity index (χ3v) is 1.59. The number of hydrogen-bond acceptors (Lipinski definition) is 3. The van der Waals surface area contributed by atoms with Crippen molar-refractivity contribution in [2.75, 3.05) is 6.61 Å². The fourth-order valence-corrected chi connectivity index (χ4v) is 0.937. The van der Waals surface area contributed by atoms with Crippen molar-refractivity contribution in [1.29, 1.82) is 0 Å². The van der Waals surface area contributed by atoms with Gasteiger partial charge in [0.2, 0.25) is 0 Å². The molecule has 0 aliphatic carbocycles. The van der Waals surface area contributed by atoms with E-state index in [1.54, 1.807) is 37.3 Å². The summed E-state index contributed by atoms with van der Waals surface area (Å²) in [4.78, 5) is 22.2. The Balaban J connectivity index is 2.40. The molecule has 5 nitrogen and oxygen atoms in total. The van der Waals surface area contributed by atoms with E-state index in [1.165, 1.54) is 0 Å². The summed E-state index contributed by atoms with van der Waals surface area (Å²) in [5.74, 6) is -0.386. The molecule has 1 rings (SSSR count). The highest BCUT2D eigenvalue weighted by Gasteiger charge is 2.05. The number of carbonyl (C=O) groups excluding carboxylic acids is 2. The van der Waals surface area contributed by atoms with Crippen molar-refractivity contribution in [2.24, 2.45) is 0 Å². The zero-order valence-electron chi connectivity index (χ0n) is 8.32. The Morgan fingerprint density at radius 3 is 2.47 bits per heavy atom. The molecule has 0 unspecified atom stereocenters. The first-order chi connectivity index (χ1) is 7.24. The monoisotopic (exact) mass is 208 g/mol. The van der Waals surface area contributed by atoms with Crippen LogP contribution in [-0.2, 0) is 4.74 Å². The first-order valence-electron chi connectivity index (χ1n) is 4.52. The number of hydrogen-bond donors (Lipinski definition) is 2. The molecule has 0 saturated carbocycles. The van der Waals surface area contributed by atoms with E-state index in [0.717, 1.165) is 0 Å². The van der Waals surface area contributed by atoms with E-state index < -0.39 is 6.09 Å². The number of carbonyl (C=O) groups is 2. The predicted octanol–water partition coefficient (Wildman–Crippen LogP) is 1.08. The number of nitrogens with one attached hydrogen (secondary N) is 2. The lowest BCUT2D eigenvalue weighted by molar-refractivity contribution is 0.0912. The van der Waals surface area contributed by atoms with Gasteiger partial charge in [-0.15, -0.1) is 0 Å². The topological polar surface area (TPSA) is 67.4 Å². The minimum Gasteiger partial charge on any atom is -0.449 e. The molecule has 0 aliphatic rings. The van der Waals surface area contributed by atoms with Gasteiger partial charge in [0.05, 0.1) is 6.61 Å². The third kappa shape index (κ3) is 3.68. The molecule has 0 aromatic heterocycles. The van der Waals surface area contributed by atoms with Gasteiger partial charge in [0, 0.05) is 5.56 Å². The Morgan fingerprint density at radius 1 is 1.20 bits per heavy atom. The van der Waals surface area contributed by atoms with Crippen LogP contribution in [0.1, 0.15) is 17.3 Å². The van der Waals surface area contributed by atoms with Crippen molar-refractivity contribution < 1.29 is 14.3 Å². The van der Waals surface area contributed by atoms with Crippen molar-refractivity contribution >= 4 is 12.0 Å². The molecule has 1 aromatic rings. The van der Waals surface area contributed by atoms with E-state index in [4.69, 9.17) is 0 Å². The van der Waals surface area contributed by atoms with E-state index in [9.17, 15) is 9.59 Å². The van der Waals surface area contributed by atoms with E-state index in [2.05, 4.69) is 15.6 Å². The number of rotatable bonds is 2. The third-order valence-electron chi connectivity index (χ3n) is 1.59. The molecule has 2 amide bonds. The second-order valence-corrected chi connectivity index (χ2v) is 2.67. The molecule has 2 N–H and O–H groups in total. The zero-order valence-corrected chi connectivity index (χ0v) is 8.32. The van der Waals surface area contributed by atoms with Crippen molar-refractivity contribution in [3.8, 4) is 0 Å². The first-order valence-corrected chi connectivity index (χ1v) is 4.52. The molecule has 0 saturated heterocycles. The number of amides is 2. The number of hydrazine groups is 1. The highest BCUT2D eigenvalue weighted by Crippen LogP contribution is 1.96. The van der Waals surface area contributed by atoms with Gasteiger partial charge in [-0.1, -0.05) is 18.2 Å². The van der Waals surface area contributed by atoms with Crippen LogP contribution in [0.4, 0.5) is 4.79 Å². The Labute approximate surface area is 87.4 Å². The molecule has 1 aromatic carbocycles. The highest BCUT2D eigenvalue weighted by atomic mass is 16.5. The van der Waals surface area contributed by atoms with E-state index in [0.29, 0.717) is 5.56 Å². The van der Waals surface area contributed by atoms with Crippen LogP contribution in [0.15, 0.2) is 30.3 Å². The SMILES string of the molecule is CCOC(=O)NNC(=O)c1ccccc1. The second kappa shape index (κ2) is 5.64. The Morgan fingerprint density at radius 2 is 1.87 bits per heavy atom. The summed E-state index contributed by atoms with van der Waals surface area (Å²) in [6, 6.07) is 8.55. The van der Waals surface area contributed by atoms with E-state index in [1.807, 2.05) is 0 Å². The van der Waals surface area contributed by atoms with Crippen LogP contribution in [0.2, 0.25) is 0 Å². The molecule has 0 spiro atoms. The summed E-state index contributed by atoms with van der Waals surface area (Å²) in [6.07, 6.45) is -0.679. The number of ether oxygens (including phenoxy) is 1. The summed E-state index contributed by atoms with van der Waals surface area (Å²) in [6.45, 7) is 1.94. The van der Waals surface area contributed by atoms with Gasteiger partial charge in [-0.2, -0.15) is 0 Å². The average Bonchev–Trinajstić information content (AvgIpc) is 2.27. The Bertz CT molecular complexity index is 338. The van der Waals surface area contributed by atoms with Gasteiger partial charge in [0.15, 0.2) is 0 Å². The van der Waals surface area contributed by atoms with Crippen LogP contribution >= 0.6 is 0 Å². The van der Waals surface area contributed by atoms with Gasteiger partial charge in [-0.25, -0.2) is 10.2 Å². The van der Waals surface area contributed by atoms with Crippen molar-refractivity contribution in [2.45, 2.75) is 6.92 Å². The van der Waals surface area contributed by atoms with Crippen LogP contribution in [-0.4, -0.2) is 18.6 Å². The molecule has 0 atom stereocenters. The molecule has 0 bridgehead atoms. The lowest BCUT2D eigenvalue weighted by Gasteiger charge is -2.06. The normalized spacial score (nSPS) is 9.13. The largest absolute Gasteiger partial charge is 0.449 e. The van der Waals surface area contributed by atoms with Gasteiger partial charge < -0.3 is 4.74 Å². The van der Waals surface area contributed by atoms with E-state index >= 15 is 0 Å². The standard InChI is InChI=1S/C10H12N2O3/c1-2-15-10(14)12-11-9(13)8-6-4-3-5-7-8/h3-7H,2H2,1H3,(H,11,13)(H,12,14). The first kappa shape index (κ1) is 11.0. The van der Waals surface area contributed by atoms with Crippen molar-refractivity contribution in [1.82, 2.24) is 10.9 Å². The van der Waals surface area contributed by atoms with Gasteiger partial charge in [-0.3, -0.25) is 10.2 Å². The van der Waals surface area contributed by atoms with Crippen LogP contribution < -0.4 is 10.9 Å². The molecule has 15 heavy (non-hydrogen) atoms. The minimum atomic E-state index is -0.679. The lowest BCUT2D eigenvalue weighted by atomic mass is 10.2. The molecule has 80 valence electrons. The fourth-order valence-electron chi connectivity index (χ4n) is 0.937. The summed E-state index contributed by atoms with van der Waals surface area (Å²) < 4.78 is 4.56. The fraction of sp³-hybridized carbons (Fsp3) is 0.200. The van der Waals surface area contributed by atoms with Gasteiger partial charge in [0.1, 0.15) is 0 Å². The van der Waals surface area contributed by atoms with Gasteiger partial charge in [-0.05, 0) is 19.1 Å². The van der Waals surface area contributed by atoms with Crippen molar-refractivity contribution in [3.63, 3.8) is 0 Å². The Hall–Kier alpha value is -2.04. The minimum absolute atomic E-state index is 0.257. The zero-order chi connectivity index (χ0) is 11.1. The highest BCUT2D eigenvalue weighted by molar-refractivity contribution is 5.94. The van der Waals surface area contributed by atoms with Crippen LogP contribution in [0.5, 0.6) is 0 Å². The lowest BCUT2D eigenvalue weighted by Crippen LogP contribution is -2.41. The van der Waals surface area contributed by atoms with E-state index in [-0.39, 0.29) is 12.5 Å². The molecule has 0 fully saturated rings. The smallest absolute Gasteiger partial charge is 0.426 e. The summed E-state index contributed by atoms with van der Waals surface area (Å²) in [7, 11) is 0. The molecule has 5 heteroatoms. The van der Waals surface area contributed by atoms with Crippen LogP contribution in [0.3, 0.4) is 0 Å². The second-order valence-electron chi connectivity index (χ2n) is 2.67. The molecule has 0 aliphatic heterocycles. The maximum Gasteiger partial charge on any atom is 0.426 e. The summed E-state index contributed by atoms with van der Waals surface area (Å²) >= 11 is 0. The van der Waals surface area contributed by atoms with Gasteiger partial charge >= 0.3 is 6.09 Å². The summed E-state index contributed by atoms with van der Waals surface area (Å²) in [5.41, 5.74) is 4.81. The summed E-state index contributed by atoms with van der Waals surface area (Å²) in [5, 5.41) is 0. The van der Waals surface area contributed by atoms with Crippen LogP contribution in [0, 0.1) is 0 Å². The number of benzene rings is 1. The Kier molecular flexibility index (Phi) is 4.15. The predicted molar refractivity (Wildman–Crippen MR) is 54.1 cm³/mol. The molecular weight excluding hydrogens is 196 g/mol. The average molecular weight is 208 g/mol. The molecule has 0 heterocycles. The van der Waals surface area contributed by atoms with Gasteiger partial charge in [0.25, 0.3) is 5.91 Å². The van der Waals surface area contributed by atoms with Crippen LogP contribution in [0.25, 0.3) is 0 Å². The maximum absolute atomic E-state index is 11.4.